The Morgan fingerprint density at radius 3 is 2.15 bits per heavy atom. The van der Waals surface area contributed by atoms with Gasteiger partial charge in [-0.3, -0.25) is 0 Å². The fourth-order valence-electron chi connectivity index (χ4n) is 2.71. The molecule has 0 heteroatoms. The van der Waals surface area contributed by atoms with Crippen molar-refractivity contribution < 1.29 is 0 Å². The molecular formula is C20H18. The first-order valence-corrected chi connectivity index (χ1v) is 7.01. The van der Waals surface area contributed by atoms with Crippen LogP contribution in [0.15, 0.2) is 66.7 Å². The third kappa shape index (κ3) is 2.25. The molecule has 3 aromatic rings. The zero-order valence-electron chi connectivity index (χ0n) is 11.9. The lowest BCUT2D eigenvalue weighted by molar-refractivity contribution is 1.48. The molecule has 0 aromatic heterocycles. The van der Waals surface area contributed by atoms with Crippen LogP contribution in [0, 0.1) is 6.92 Å². The van der Waals surface area contributed by atoms with Gasteiger partial charge in [0.15, 0.2) is 0 Å². The first-order valence-electron chi connectivity index (χ1n) is 7.01. The Morgan fingerprint density at radius 2 is 1.40 bits per heavy atom. The van der Waals surface area contributed by atoms with Gasteiger partial charge in [-0.1, -0.05) is 66.7 Å². The summed E-state index contributed by atoms with van der Waals surface area (Å²) in [5.74, 6) is 0. The van der Waals surface area contributed by atoms with E-state index in [-0.39, 0.29) is 0 Å². The monoisotopic (exact) mass is 258 g/mol. The molecular weight excluding hydrogens is 240 g/mol. The number of rotatable bonds is 2. The molecule has 0 fully saturated rings. The molecule has 0 radical (unpaired) electrons. The SMILES string of the molecule is C/C=C\c1ccccc1-c1cc2ccccc2cc1C. The summed E-state index contributed by atoms with van der Waals surface area (Å²) in [6.07, 6.45) is 4.26. The molecule has 0 atom stereocenters. The minimum atomic E-state index is 1.27. The van der Waals surface area contributed by atoms with Crippen LogP contribution in [0.2, 0.25) is 0 Å². The van der Waals surface area contributed by atoms with Crippen LogP contribution in [0.3, 0.4) is 0 Å². The topological polar surface area (TPSA) is 0 Å². The smallest absolute Gasteiger partial charge is 0.0109 e. The van der Waals surface area contributed by atoms with E-state index in [0.717, 1.165) is 0 Å². The molecule has 0 N–H and O–H groups in total. The molecule has 0 saturated heterocycles. The lowest BCUT2D eigenvalue weighted by atomic mass is 9.93. The number of fused-ring (bicyclic) bond motifs is 1. The van der Waals surface area contributed by atoms with Gasteiger partial charge < -0.3 is 0 Å². The number of hydrogen-bond donors (Lipinski definition) is 0. The van der Waals surface area contributed by atoms with Crippen molar-refractivity contribution in [2.45, 2.75) is 13.8 Å². The largest absolute Gasteiger partial charge is 0.0870 e. The second kappa shape index (κ2) is 5.34. The van der Waals surface area contributed by atoms with Crippen LogP contribution in [0.5, 0.6) is 0 Å². The maximum absolute atomic E-state index is 2.30. The van der Waals surface area contributed by atoms with Gasteiger partial charge in [0.2, 0.25) is 0 Å². The summed E-state index contributed by atoms with van der Waals surface area (Å²) in [5, 5.41) is 2.60. The van der Waals surface area contributed by atoms with Gasteiger partial charge >= 0.3 is 0 Å². The van der Waals surface area contributed by atoms with Crippen molar-refractivity contribution in [3.8, 4) is 11.1 Å². The summed E-state index contributed by atoms with van der Waals surface area (Å²) in [7, 11) is 0. The van der Waals surface area contributed by atoms with Gasteiger partial charge in [0.05, 0.1) is 0 Å². The number of allylic oxidation sites excluding steroid dienone is 1. The van der Waals surface area contributed by atoms with Gasteiger partial charge in [0.1, 0.15) is 0 Å². The van der Waals surface area contributed by atoms with Crippen molar-refractivity contribution in [3.63, 3.8) is 0 Å². The van der Waals surface area contributed by atoms with Gasteiger partial charge in [-0.25, -0.2) is 0 Å². The number of benzene rings is 3. The van der Waals surface area contributed by atoms with E-state index in [2.05, 4.69) is 86.7 Å². The zero-order chi connectivity index (χ0) is 13.9. The van der Waals surface area contributed by atoms with Gasteiger partial charge in [-0.05, 0) is 52.9 Å². The molecule has 3 rings (SSSR count). The molecule has 0 heterocycles. The molecule has 0 unspecified atom stereocenters. The molecule has 0 aliphatic heterocycles. The summed E-state index contributed by atoms with van der Waals surface area (Å²) >= 11 is 0. The summed E-state index contributed by atoms with van der Waals surface area (Å²) in [4.78, 5) is 0. The third-order valence-corrected chi connectivity index (χ3v) is 3.69. The number of aryl methyl sites for hydroxylation is 1. The summed E-state index contributed by atoms with van der Waals surface area (Å²) in [6, 6.07) is 21.7. The maximum atomic E-state index is 2.30. The van der Waals surface area contributed by atoms with E-state index in [1.807, 2.05) is 0 Å². The van der Waals surface area contributed by atoms with Crippen LogP contribution < -0.4 is 0 Å². The Bertz CT molecular complexity index is 779. The van der Waals surface area contributed by atoms with E-state index in [4.69, 9.17) is 0 Å². The molecule has 0 aliphatic carbocycles. The normalized spacial score (nSPS) is 11.3. The average Bonchev–Trinajstić information content (AvgIpc) is 2.48. The highest BCUT2D eigenvalue weighted by molar-refractivity contribution is 5.90. The zero-order valence-corrected chi connectivity index (χ0v) is 11.9. The fourth-order valence-corrected chi connectivity index (χ4v) is 2.71. The van der Waals surface area contributed by atoms with E-state index in [0.29, 0.717) is 0 Å². The molecule has 0 saturated carbocycles. The fraction of sp³-hybridized carbons (Fsp3) is 0.100. The Morgan fingerprint density at radius 1 is 0.750 bits per heavy atom. The molecule has 0 amide bonds. The van der Waals surface area contributed by atoms with Crippen molar-refractivity contribution in [1.82, 2.24) is 0 Å². The molecule has 3 aromatic carbocycles. The summed E-state index contributed by atoms with van der Waals surface area (Å²) in [6.45, 7) is 4.25. The number of hydrogen-bond acceptors (Lipinski definition) is 0. The molecule has 0 spiro atoms. The predicted molar refractivity (Wildman–Crippen MR) is 88.8 cm³/mol. The van der Waals surface area contributed by atoms with Crippen LogP contribution in [-0.2, 0) is 0 Å². The van der Waals surface area contributed by atoms with E-state index in [9.17, 15) is 0 Å². The predicted octanol–water partition coefficient (Wildman–Crippen LogP) is 5.85. The minimum Gasteiger partial charge on any atom is -0.0870 e. The van der Waals surface area contributed by atoms with Gasteiger partial charge in [0.25, 0.3) is 0 Å². The first kappa shape index (κ1) is 12.7. The Labute approximate surface area is 120 Å². The highest BCUT2D eigenvalue weighted by Crippen LogP contribution is 2.31. The Kier molecular flexibility index (Phi) is 3.39. The molecule has 98 valence electrons. The quantitative estimate of drug-likeness (QED) is 0.541. The van der Waals surface area contributed by atoms with Gasteiger partial charge in [-0.2, -0.15) is 0 Å². The van der Waals surface area contributed by atoms with Gasteiger partial charge in [0, 0.05) is 0 Å². The van der Waals surface area contributed by atoms with Crippen LogP contribution in [0.4, 0.5) is 0 Å². The minimum absolute atomic E-state index is 1.27. The maximum Gasteiger partial charge on any atom is -0.0109 e. The molecule has 0 aliphatic rings. The van der Waals surface area contributed by atoms with Gasteiger partial charge in [-0.15, -0.1) is 0 Å². The van der Waals surface area contributed by atoms with E-state index in [1.54, 1.807) is 0 Å². The second-order valence-electron chi connectivity index (χ2n) is 5.10. The Hall–Kier alpha value is -2.34. The first-order chi connectivity index (χ1) is 9.79. The summed E-state index contributed by atoms with van der Waals surface area (Å²) in [5.41, 5.74) is 5.21. The van der Waals surface area contributed by atoms with E-state index < -0.39 is 0 Å². The van der Waals surface area contributed by atoms with Crippen molar-refractivity contribution in [2.24, 2.45) is 0 Å². The van der Waals surface area contributed by atoms with Crippen LogP contribution >= 0.6 is 0 Å². The van der Waals surface area contributed by atoms with Crippen molar-refractivity contribution >= 4 is 16.8 Å². The van der Waals surface area contributed by atoms with Crippen molar-refractivity contribution in [1.29, 1.82) is 0 Å². The highest BCUT2D eigenvalue weighted by atomic mass is 14.1. The second-order valence-corrected chi connectivity index (χ2v) is 5.10. The van der Waals surface area contributed by atoms with Crippen molar-refractivity contribution in [3.05, 3.63) is 77.9 Å². The van der Waals surface area contributed by atoms with Crippen LogP contribution in [-0.4, -0.2) is 0 Å². The Balaban J connectivity index is 2.27. The van der Waals surface area contributed by atoms with E-state index >= 15 is 0 Å². The molecule has 20 heavy (non-hydrogen) atoms. The standard InChI is InChI=1S/C20H18/c1-3-8-16-9-6-7-12-19(16)20-14-18-11-5-4-10-17(18)13-15(20)2/h3-14H,1-2H3/b8-3-. The van der Waals surface area contributed by atoms with E-state index in [1.165, 1.54) is 33.0 Å². The van der Waals surface area contributed by atoms with Crippen LogP contribution in [0.25, 0.3) is 28.0 Å². The third-order valence-electron chi connectivity index (χ3n) is 3.69. The highest BCUT2D eigenvalue weighted by Gasteiger charge is 2.07. The summed E-state index contributed by atoms with van der Waals surface area (Å²) < 4.78 is 0. The van der Waals surface area contributed by atoms with Crippen molar-refractivity contribution in [2.75, 3.05) is 0 Å². The lowest BCUT2D eigenvalue weighted by Crippen LogP contribution is -1.87. The molecule has 0 nitrogen and oxygen atoms in total. The van der Waals surface area contributed by atoms with Crippen LogP contribution in [0.1, 0.15) is 18.1 Å². The molecule has 0 bridgehead atoms. The average molecular weight is 258 g/mol. The lowest BCUT2D eigenvalue weighted by Gasteiger charge is -2.11.